The highest BCUT2D eigenvalue weighted by Crippen LogP contribution is 2.34. The third kappa shape index (κ3) is 3.70. The van der Waals surface area contributed by atoms with Crippen molar-refractivity contribution >= 4 is 68.1 Å². The monoisotopic (exact) mass is 458 g/mol. The number of carbonyl (C=O) groups is 2. The number of benzene rings is 3. The number of nitrogens with zero attached hydrogens (tertiary/aromatic N) is 2. The molecule has 0 radical (unpaired) electrons. The number of carboxylic acids is 1. The van der Waals surface area contributed by atoms with Crippen molar-refractivity contribution in [2.24, 2.45) is 0 Å². The molecule has 1 aromatic heterocycles. The maximum absolute atomic E-state index is 12.6. The summed E-state index contributed by atoms with van der Waals surface area (Å²) in [5.74, 6) is -1.45. The lowest BCUT2D eigenvalue weighted by Gasteiger charge is -2.10. The number of amides is 1. The average Bonchev–Trinajstić information content (AvgIpc) is 3.23. The number of aliphatic carboxylic acids is 1. The van der Waals surface area contributed by atoms with Crippen molar-refractivity contribution in [2.75, 3.05) is 6.54 Å². The van der Waals surface area contributed by atoms with Gasteiger partial charge in [0.25, 0.3) is 5.91 Å². The molecule has 2 heterocycles. The summed E-state index contributed by atoms with van der Waals surface area (Å²) in [7, 11) is 0. The van der Waals surface area contributed by atoms with Crippen LogP contribution in [0.15, 0.2) is 77.7 Å². The molecular weight excluding hydrogens is 440 g/mol. The SMILES string of the molecule is O=C(O)CN1C(=O)/C(=C/c2ccc3c(c2)c2ccccc2n3Cc2ccccc2)SC1=S. The first-order valence-corrected chi connectivity index (χ1v) is 11.3. The molecule has 158 valence electrons. The van der Waals surface area contributed by atoms with Gasteiger partial charge in [-0.3, -0.25) is 14.5 Å². The number of para-hydroxylation sites is 1. The van der Waals surface area contributed by atoms with Crippen molar-refractivity contribution in [1.82, 2.24) is 9.47 Å². The highest BCUT2D eigenvalue weighted by atomic mass is 32.2. The number of hydrogen-bond donors (Lipinski definition) is 1. The number of fused-ring (bicyclic) bond motifs is 3. The summed E-state index contributed by atoms with van der Waals surface area (Å²) in [4.78, 5) is 25.2. The number of aromatic nitrogens is 1. The lowest BCUT2D eigenvalue weighted by molar-refractivity contribution is -0.140. The summed E-state index contributed by atoms with van der Waals surface area (Å²) in [6, 6.07) is 24.8. The van der Waals surface area contributed by atoms with Gasteiger partial charge in [-0.2, -0.15) is 0 Å². The summed E-state index contributed by atoms with van der Waals surface area (Å²) < 4.78 is 2.57. The van der Waals surface area contributed by atoms with E-state index in [1.54, 1.807) is 6.08 Å². The molecule has 0 atom stereocenters. The molecule has 1 amide bonds. The van der Waals surface area contributed by atoms with Gasteiger partial charge in [-0.15, -0.1) is 0 Å². The Labute approximate surface area is 193 Å². The van der Waals surface area contributed by atoms with Crippen LogP contribution in [0.25, 0.3) is 27.9 Å². The van der Waals surface area contributed by atoms with E-state index in [2.05, 4.69) is 41.0 Å². The summed E-state index contributed by atoms with van der Waals surface area (Å²) in [6.45, 7) is 0.339. The van der Waals surface area contributed by atoms with E-state index in [4.69, 9.17) is 17.3 Å². The van der Waals surface area contributed by atoms with Crippen LogP contribution in [-0.4, -0.2) is 37.3 Å². The number of carbonyl (C=O) groups excluding carboxylic acids is 1. The van der Waals surface area contributed by atoms with E-state index >= 15 is 0 Å². The van der Waals surface area contributed by atoms with Gasteiger partial charge in [0.05, 0.1) is 4.91 Å². The fourth-order valence-electron chi connectivity index (χ4n) is 4.02. The Balaban J connectivity index is 1.57. The molecule has 1 aliphatic heterocycles. The fraction of sp³-hybridized carbons (Fsp3) is 0.0800. The van der Waals surface area contributed by atoms with Crippen LogP contribution in [0.4, 0.5) is 0 Å². The lowest BCUT2D eigenvalue weighted by Crippen LogP contribution is -2.33. The van der Waals surface area contributed by atoms with E-state index in [9.17, 15) is 9.59 Å². The molecule has 5 rings (SSSR count). The van der Waals surface area contributed by atoms with Crippen LogP contribution in [0.2, 0.25) is 0 Å². The molecule has 32 heavy (non-hydrogen) atoms. The maximum Gasteiger partial charge on any atom is 0.323 e. The summed E-state index contributed by atoms with van der Waals surface area (Å²) >= 11 is 6.33. The topological polar surface area (TPSA) is 62.5 Å². The fourth-order valence-corrected chi connectivity index (χ4v) is 5.28. The largest absolute Gasteiger partial charge is 0.480 e. The molecule has 1 saturated heterocycles. The molecule has 0 spiro atoms. The molecule has 3 aromatic carbocycles. The predicted molar refractivity (Wildman–Crippen MR) is 133 cm³/mol. The van der Waals surface area contributed by atoms with E-state index in [0.717, 1.165) is 50.6 Å². The molecule has 0 aliphatic carbocycles. The minimum atomic E-state index is -1.09. The predicted octanol–water partition coefficient (Wildman–Crippen LogP) is 5.13. The Kier molecular flexibility index (Phi) is 5.28. The Bertz CT molecular complexity index is 1420. The van der Waals surface area contributed by atoms with Crippen LogP contribution < -0.4 is 0 Å². The van der Waals surface area contributed by atoms with Gasteiger partial charge in [0.2, 0.25) is 0 Å². The Morgan fingerprint density at radius 3 is 2.47 bits per heavy atom. The number of carboxylic acid groups (broad SMARTS) is 1. The zero-order valence-electron chi connectivity index (χ0n) is 16.9. The Morgan fingerprint density at radius 2 is 1.69 bits per heavy atom. The summed E-state index contributed by atoms with van der Waals surface area (Å²) in [5.41, 5.74) is 4.36. The second-order valence-electron chi connectivity index (χ2n) is 7.53. The summed E-state index contributed by atoms with van der Waals surface area (Å²) in [5, 5.41) is 11.3. The van der Waals surface area contributed by atoms with Crippen LogP contribution in [0.5, 0.6) is 0 Å². The number of rotatable bonds is 5. The van der Waals surface area contributed by atoms with E-state index in [1.807, 2.05) is 36.4 Å². The normalized spacial score (nSPS) is 15.4. The molecule has 1 fully saturated rings. The van der Waals surface area contributed by atoms with Gasteiger partial charge in [0, 0.05) is 28.4 Å². The van der Waals surface area contributed by atoms with E-state index < -0.39 is 12.5 Å². The third-order valence-electron chi connectivity index (χ3n) is 5.44. The molecular formula is C25H18N2O3S2. The first kappa shape index (κ1) is 20.5. The highest BCUT2D eigenvalue weighted by Gasteiger charge is 2.33. The maximum atomic E-state index is 12.6. The number of thioether (sulfide) groups is 1. The smallest absolute Gasteiger partial charge is 0.323 e. The van der Waals surface area contributed by atoms with Crippen LogP contribution in [0.1, 0.15) is 11.1 Å². The van der Waals surface area contributed by atoms with Crippen LogP contribution in [-0.2, 0) is 16.1 Å². The molecule has 4 aromatic rings. The second-order valence-corrected chi connectivity index (χ2v) is 9.20. The second kappa shape index (κ2) is 8.26. The number of thiocarbonyl (C=S) groups is 1. The minimum absolute atomic E-state index is 0.268. The van der Waals surface area contributed by atoms with Crippen molar-refractivity contribution in [1.29, 1.82) is 0 Å². The highest BCUT2D eigenvalue weighted by molar-refractivity contribution is 8.26. The van der Waals surface area contributed by atoms with E-state index in [0.29, 0.717) is 4.91 Å². The van der Waals surface area contributed by atoms with Crippen LogP contribution in [0.3, 0.4) is 0 Å². The van der Waals surface area contributed by atoms with Gasteiger partial charge in [0.1, 0.15) is 10.9 Å². The average molecular weight is 459 g/mol. The van der Waals surface area contributed by atoms with Crippen molar-refractivity contribution in [3.05, 3.63) is 88.8 Å². The van der Waals surface area contributed by atoms with E-state index in [-0.39, 0.29) is 10.2 Å². The Hall–Kier alpha value is -3.42. The van der Waals surface area contributed by atoms with Gasteiger partial charge in [0.15, 0.2) is 0 Å². The zero-order valence-corrected chi connectivity index (χ0v) is 18.5. The number of hydrogen-bond acceptors (Lipinski definition) is 4. The molecule has 0 unspecified atom stereocenters. The van der Waals surface area contributed by atoms with Gasteiger partial charge in [-0.1, -0.05) is 78.6 Å². The lowest BCUT2D eigenvalue weighted by atomic mass is 10.1. The van der Waals surface area contributed by atoms with Crippen LogP contribution in [0, 0.1) is 0 Å². The molecule has 7 heteroatoms. The van der Waals surface area contributed by atoms with Gasteiger partial charge >= 0.3 is 5.97 Å². The van der Waals surface area contributed by atoms with Crippen molar-refractivity contribution < 1.29 is 14.7 Å². The Morgan fingerprint density at radius 1 is 0.969 bits per heavy atom. The third-order valence-corrected chi connectivity index (χ3v) is 6.82. The van der Waals surface area contributed by atoms with Crippen molar-refractivity contribution in [2.45, 2.75) is 6.54 Å². The zero-order chi connectivity index (χ0) is 22.2. The molecule has 1 aliphatic rings. The van der Waals surface area contributed by atoms with Gasteiger partial charge in [-0.25, -0.2) is 0 Å². The molecule has 5 nitrogen and oxygen atoms in total. The molecule has 0 bridgehead atoms. The first-order valence-electron chi connectivity index (χ1n) is 10.0. The first-order chi connectivity index (χ1) is 15.5. The minimum Gasteiger partial charge on any atom is -0.480 e. The summed E-state index contributed by atoms with van der Waals surface area (Å²) in [6.07, 6.45) is 1.78. The molecule has 1 N–H and O–H groups in total. The molecule has 0 saturated carbocycles. The van der Waals surface area contributed by atoms with Crippen molar-refractivity contribution in [3.8, 4) is 0 Å². The van der Waals surface area contributed by atoms with Gasteiger partial charge < -0.3 is 9.67 Å². The standard InChI is InChI=1S/C25H18N2O3S2/c28-23(29)15-27-24(30)22(32-25(27)31)13-17-10-11-21-19(12-17)18-8-4-5-9-20(18)26(21)14-16-6-2-1-3-7-16/h1-13H,14-15H2,(H,28,29)/b22-13-. The van der Waals surface area contributed by atoms with Crippen molar-refractivity contribution in [3.63, 3.8) is 0 Å². The van der Waals surface area contributed by atoms with E-state index in [1.165, 1.54) is 5.56 Å². The quantitative estimate of drug-likeness (QED) is 0.332. The van der Waals surface area contributed by atoms with Crippen LogP contribution >= 0.6 is 24.0 Å². The van der Waals surface area contributed by atoms with Gasteiger partial charge in [-0.05, 0) is 35.4 Å².